The van der Waals surface area contributed by atoms with Gasteiger partial charge >= 0.3 is 0 Å². The van der Waals surface area contributed by atoms with E-state index in [1.807, 2.05) is 12.1 Å². The van der Waals surface area contributed by atoms with Gasteiger partial charge in [-0.25, -0.2) is 0 Å². The van der Waals surface area contributed by atoms with Gasteiger partial charge in [0.2, 0.25) is 0 Å². The third kappa shape index (κ3) is 3.62. The summed E-state index contributed by atoms with van der Waals surface area (Å²) in [5.41, 5.74) is 1.26. The van der Waals surface area contributed by atoms with Crippen LogP contribution in [0.5, 0.6) is 0 Å². The lowest BCUT2D eigenvalue weighted by Gasteiger charge is -2.19. The first kappa shape index (κ1) is 12.7. The van der Waals surface area contributed by atoms with E-state index in [1.54, 1.807) is 0 Å². The van der Waals surface area contributed by atoms with Crippen molar-refractivity contribution in [2.24, 2.45) is 5.92 Å². The number of rotatable bonds is 5. The smallest absolute Gasteiger partial charge is 0.0426 e. The van der Waals surface area contributed by atoms with Crippen LogP contribution < -0.4 is 10.2 Å². The fourth-order valence-electron chi connectivity index (χ4n) is 2.39. The monoisotopic (exact) mass is 252 g/mol. The Labute approximate surface area is 109 Å². The molecule has 1 heterocycles. The minimum atomic E-state index is 0.778. The van der Waals surface area contributed by atoms with Gasteiger partial charge in [0.1, 0.15) is 0 Å². The van der Waals surface area contributed by atoms with Crippen LogP contribution in [0.15, 0.2) is 24.3 Å². The summed E-state index contributed by atoms with van der Waals surface area (Å²) in [5, 5.41) is 4.34. The first-order valence-electron chi connectivity index (χ1n) is 6.51. The summed E-state index contributed by atoms with van der Waals surface area (Å²) in [7, 11) is 0. The van der Waals surface area contributed by atoms with Crippen LogP contribution in [0.4, 0.5) is 5.69 Å². The van der Waals surface area contributed by atoms with Gasteiger partial charge in [0.05, 0.1) is 0 Å². The molecule has 1 aliphatic rings. The molecule has 0 aromatic heterocycles. The Morgan fingerprint density at radius 2 is 2.35 bits per heavy atom. The Morgan fingerprint density at radius 3 is 3.12 bits per heavy atom. The summed E-state index contributed by atoms with van der Waals surface area (Å²) in [6, 6.07) is 8.17. The van der Waals surface area contributed by atoms with E-state index in [1.165, 1.54) is 18.5 Å². The Balaban J connectivity index is 1.85. The molecule has 3 heteroatoms. The molecule has 1 aliphatic heterocycles. The SMILES string of the molecule is CCCNCC1CCN(c2cccc(Cl)c2)C1. The number of hydrogen-bond acceptors (Lipinski definition) is 2. The van der Waals surface area contributed by atoms with E-state index in [-0.39, 0.29) is 0 Å². The molecular weight excluding hydrogens is 232 g/mol. The highest BCUT2D eigenvalue weighted by Gasteiger charge is 2.22. The average Bonchev–Trinajstić information content (AvgIpc) is 2.78. The molecule has 0 radical (unpaired) electrons. The zero-order valence-electron chi connectivity index (χ0n) is 10.5. The fourth-order valence-corrected chi connectivity index (χ4v) is 2.57. The van der Waals surface area contributed by atoms with Gasteiger partial charge in [-0.3, -0.25) is 0 Å². The van der Waals surface area contributed by atoms with Crippen LogP contribution >= 0.6 is 11.6 Å². The van der Waals surface area contributed by atoms with E-state index >= 15 is 0 Å². The van der Waals surface area contributed by atoms with Gasteiger partial charge in [0, 0.05) is 23.8 Å². The molecule has 1 aromatic rings. The molecule has 0 aliphatic carbocycles. The normalized spacial score (nSPS) is 19.9. The summed E-state index contributed by atoms with van der Waals surface area (Å²) in [6.45, 7) is 6.79. The lowest BCUT2D eigenvalue weighted by Crippen LogP contribution is -2.26. The third-order valence-corrected chi connectivity index (χ3v) is 3.55. The molecule has 0 amide bonds. The lowest BCUT2D eigenvalue weighted by atomic mass is 10.1. The molecule has 1 saturated heterocycles. The molecule has 1 fully saturated rings. The van der Waals surface area contributed by atoms with Crippen LogP contribution in [0, 0.1) is 5.92 Å². The number of nitrogens with zero attached hydrogens (tertiary/aromatic N) is 1. The topological polar surface area (TPSA) is 15.3 Å². The molecule has 17 heavy (non-hydrogen) atoms. The Morgan fingerprint density at radius 1 is 1.47 bits per heavy atom. The fraction of sp³-hybridized carbons (Fsp3) is 0.571. The van der Waals surface area contributed by atoms with Gasteiger partial charge in [0.25, 0.3) is 0 Å². The van der Waals surface area contributed by atoms with E-state index in [4.69, 9.17) is 11.6 Å². The van der Waals surface area contributed by atoms with Crippen molar-refractivity contribution < 1.29 is 0 Å². The highest BCUT2D eigenvalue weighted by atomic mass is 35.5. The first-order chi connectivity index (χ1) is 8.29. The molecule has 0 saturated carbocycles. The zero-order chi connectivity index (χ0) is 12.1. The summed E-state index contributed by atoms with van der Waals surface area (Å²) < 4.78 is 0. The second kappa shape index (κ2) is 6.27. The van der Waals surface area contributed by atoms with Crippen LogP contribution in [0.2, 0.25) is 5.02 Å². The number of anilines is 1. The summed E-state index contributed by atoms with van der Waals surface area (Å²) in [5.74, 6) is 0.778. The van der Waals surface area contributed by atoms with E-state index in [9.17, 15) is 0 Å². The number of nitrogens with one attached hydrogen (secondary N) is 1. The quantitative estimate of drug-likeness (QED) is 0.810. The molecule has 94 valence electrons. The molecule has 1 unspecified atom stereocenters. The van der Waals surface area contributed by atoms with Gasteiger partial charge in [-0.05, 0) is 50.0 Å². The Hall–Kier alpha value is -0.730. The maximum atomic E-state index is 6.02. The summed E-state index contributed by atoms with van der Waals surface area (Å²) in [4.78, 5) is 2.43. The van der Waals surface area contributed by atoms with Gasteiger partial charge in [-0.1, -0.05) is 24.6 Å². The number of benzene rings is 1. The molecule has 2 rings (SSSR count). The maximum absolute atomic E-state index is 6.02. The van der Waals surface area contributed by atoms with Crippen LogP contribution in [0.1, 0.15) is 19.8 Å². The van der Waals surface area contributed by atoms with Crippen LogP contribution in [0.25, 0.3) is 0 Å². The second-order valence-electron chi connectivity index (χ2n) is 4.78. The summed E-state index contributed by atoms with van der Waals surface area (Å²) in [6.07, 6.45) is 2.49. The van der Waals surface area contributed by atoms with Crippen LogP contribution in [-0.4, -0.2) is 26.2 Å². The van der Waals surface area contributed by atoms with E-state index < -0.39 is 0 Å². The predicted molar refractivity (Wildman–Crippen MR) is 74.9 cm³/mol. The van der Waals surface area contributed by atoms with Crippen LogP contribution in [0.3, 0.4) is 0 Å². The van der Waals surface area contributed by atoms with Crippen molar-refractivity contribution in [1.29, 1.82) is 0 Å². The number of halogens is 1. The van der Waals surface area contributed by atoms with E-state index in [2.05, 4.69) is 29.3 Å². The molecule has 2 nitrogen and oxygen atoms in total. The van der Waals surface area contributed by atoms with Gasteiger partial charge < -0.3 is 10.2 Å². The minimum absolute atomic E-state index is 0.778. The highest BCUT2D eigenvalue weighted by Crippen LogP contribution is 2.25. The Bertz CT molecular complexity index is 354. The molecule has 1 atom stereocenters. The number of hydrogen-bond donors (Lipinski definition) is 1. The highest BCUT2D eigenvalue weighted by molar-refractivity contribution is 6.30. The second-order valence-corrected chi connectivity index (χ2v) is 5.22. The average molecular weight is 253 g/mol. The molecular formula is C14H21ClN2. The van der Waals surface area contributed by atoms with Gasteiger partial charge in [-0.2, -0.15) is 0 Å². The molecule has 1 N–H and O–H groups in total. The zero-order valence-corrected chi connectivity index (χ0v) is 11.2. The standard InChI is InChI=1S/C14H21ClN2/c1-2-7-16-10-12-6-8-17(11-12)14-5-3-4-13(15)9-14/h3-5,9,12,16H,2,6-8,10-11H2,1H3. The van der Waals surface area contributed by atoms with Crippen molar-refractivity contribution in [3.05, 3.63) is 29.3 Å². The van der Waals surface area contributed by atoms with Gasteiger partial charge in [-0.15, -0.1) is 0 Å². The van der Waals surface area contributed by atoms with Gasteiger partial charge in [0.15, 0.2) is 0 Å². The largest absolute Gasteiger partial charge is 0.371 e. The molecule has 0 spiro atoms. The maximum Gasteiger partial charge on any atom is 0.0426 e. The predicted octanol–water partition coefficient (Wildman–Crippen LogP) is 3.17. The lowest BCUT2D eigenvalue weighted by molar-refractivity contribution is 0.516. The molecule has 0 bridgehead atoms. The van der Waals surface area contributed by atoms with Crippen molar-refractivity contribution in [2.75, 3.05) is 31.1 Å². The Kier molecular flexibility index (Phi) is 4.69. The van der Waals surface area contributed by atoms with Crippen molar-refractivity contribution in [1.82, 2.24) is 5.32 Å². The van der Waals surface area contributed by atoms with Crippen molar-refractivity contribution >= 4 is 17.3 Å². The minimum Gasteiger partial charge on any atom is -0.371 e. The molecule has 1 aromatic carbocycles. The first-order valence-corrected chi connectivity index (χ1v) is 6.88. The van der Waals surface area contributed by atoms with E-state index in [0.29, 0.717) is 0 Å². The van der Waals surface area contributed by atoms with Crippen molar-refractivity contribution in [3.8, 4) is 0 Å². The third-order valence-electron chi connectivity index (χ3n) is 3.32. The van der Waals surface area contributed by atoms with Crippen molar-refractivity contribution in [2.45, 2.75) is 19.8 Å². The van der Waals surface area contributed by atoms with Crippen LogP contribution in [-0.2, 0) is 0 Å². The summed E-state index contributed by atoms with van der Waals surface area (Å²) >= 11 is 6.02. The van der Waals surface area contributed by atoms with E-state index in [0.717, 1.165) is 37.1 Å². The van der Waals surface area contributed by atoms with Crippen molar-refractivity contribution in [3.63, 3.8) is 0 Å².